The number of hydrogen-bond acceptors (Lipinski definition) is 5. The van der Waals surface area contributed by atoms with Gasteiger partial charge in [0.05, 0.1) is 23.3 Å². The summed E-state index contributed by atoms with van der Waals surface area (Å²) in [5.74, 6) is -0.137. The molecule has 2 heterocycles. The highest BCUT2D eigenvalue weighted by Gasteiger charge is 2.26. The van der Waals surface area contributed by atoms with Crippen LogP contribution in [-0.2, 0) is 4.74 Å². The Kier molecular flexibility index (Phi) is 6.92. The fourth-order valence-corrected chi connectivity index (χ4v) is 4.19. The van der Waals surface area contributed by atoms with Gasteiger partial charge in [0.15, 0.2) is 5.65 Å². The summed E-state index contributed by atoms with van der Waals surface area (Å²) >= 11 is 0. The largest absolute Gasteiger partial charge is 0.462 e. The van der Waals surface area contributed by atoms with Crippen LogP contribution in [0.3, 0.4) is 0 Å². The minimum atomic E-state index is -0.445. The van der Waals surface area contributed by atoms with Crippen molar-refractivity contribution >= 4 is 34.0 Å². The number of benzene rings is 2. The maximum absolute atomic E-state index is 13.2. The first kappa shape index (κ1) is 22.8. The minimum absolute atomic E-state index is 0.287. The maximum Gasteiger partial charge on any atom is 0.344 e. The summed E-state index contributed by atoms with van der Waals surface area (Å²) < 4.78 is 7.47. The van der Waals surface area contributed by atoms with Crippen molar-refractivity contribution in [3.05, 3.63) is 59.2 Å². The number of carbonyl (C=O) groups excluding carboxylic acids is 1. The van der Waals surface area contributed by atoms with Crippen molar-refractivity contribution in [2.45, 2.75) is 59.3 Å². The van der Waals surface area contributed by atoms with E-state index in [4.69, 9.17) is 20.4 Å². The Balaban J connectivity index is 1.73. The third kappa shape index (κ3) is 4.70. The molecule has 4 aromatic rings. The van der Waals surface area contributed by atoms with Crippen LogP contribution in [0.15, 0.2) is 42.5 Å². The number of rotatable bonds is 9. The zero-order valence-corrected chi connectivity index (χ0v) is 19.7. The molecule has 6 nitrogen and oxygen atoms in total. The maximum atomic E-state index is 13.2. The van der Waals surface area contributed by atoms with Crippen molar-refractivity contribution in [3.63, 3.8) is 0 Å². The van der Waals surface area contributed by atoms with Gasteiger partial charge in [0.25, 0.3) is 0 Å². The molecule has 0 amide bonds. The SMILES string of the molecule is CCCCCCCCOC(=O)c1c(N)n(-c2cc(C)ccc2C)c2nc3ccccc3nc12. The van der Waals surface area contributed by atoms with Crippen LogP contribution in [0.2, 0.25) is 0 Å². The normalized spacial score (nSPS) is 11.4. The Labute approximate surface area is 194 Å². The molecule has 0 radical (unpaired) electrons. The van der Waals surface area contributed by atoms with Crippen LogP contribution in [-0.4, -0.2) is 27.1 Å². The fraction of sp³-hybridized carbons (Fsp3) is 0.370. The highest BCUT2D eigenvalue weighted by atomic mass is 16.5. The number of aryl methyl sites for hydroxylation is 2. The smallest absolute Gasteiger partial charge is 0.344 e. The Hall–Kier alpha value is -3.41. The number of fused-ring (bicyclic) bond motifs is 2. The number of nitrogens with two attached hydrogens (primary N) is 1. The highest BCUT2D eigenvalue weighted by Crippen LogP contribution is 2.33. The summed E-state index contributed by atoms with van der Waals surface area (Å²) in [6.45, 7) is 6.63. The van der Waals surface area contributed by atoms with E-state index in [9.17, 15) is 4.79 Å². The van der Waals surface area contributed by atoms with E-state index >= 15 is 0 Å². The lowest BCUT2D eigenvalue weighted by Gasteiger charge is -2.12. The summed E-state index contributed by atoms with van der Waals surface area (Å²) in [5, 5.41) is 0. The van der Waals surface area contributed by atoms with Crippen LogP contribution in [0.5, 0.6) is 0 Å². The summed E-state index contributed by atoms with van der Waals surface area (Å²) in [6.07, 6.45) is 6.76. The van der Waals surface area contributed by atoms with Crippen LogP contribution >= 0.6 is 0 Å². The molecule has 4 rings (SSSR count). The van der Waals surface area contributed by atoms with E-state index in [1.54, 1.807) is 0 Å². The van der Waals surface area contributed by atoms with E-state index in [-0.39, 0.29) is 5.56 Å². The average Bonchev–Trinajstić information content (AvgIpc) is 3.09. The molecule has 0 aliphatic carbocycles. The number of nitrogens with zero attached hydrogens (tertiary/aromatic N) is 3. The van der Waals surface area contributed by atoms with Gasteiger partial charge in [0.1, 0.15) is 16.9 Å². The second-order valence-corrected chi connectivity index (χ2v) is 8.67. The van der Waals surface area contributed by atoms with Crippen molar-refractivity contribution < 1.29 is 9.53 Å². The number of ether oxygens (including phenoxy) is 1. The zero-order chi connectivity index (χ0) is 23.4. The van der Waals surface area contributed by atoms with E-state index in [1.807, 2.05) is 54.8 Å². The third-order valence-corrected chi connectivity index (χ3v) is 6.04. The molecule has 0 fully saturated rings. The number of para-hydroxylation sites is 2. The minimum Gasteiger partial charge on any atom is -0.462 e. The monoisotopic (exact) mass is 444 g/mol. The molecule has 0 saturated carbocycles. The van der Waals surface area contributed by atoms with E-state index in [1.165, 1.54) is 19.3 Å². The Bertz CT molecular complexity index is 1290. The summed E-state index contributed by atoms with van der Waals surface area (Å²) in [6, 6.07) is 13.8. The van der Waals surface area contributed by atoms with Gasteiger partial charge in [-0.05, 0) is 49.6 Å². The summed E-state index contributed by atoms with van der Waals surface area (Å²) in [5.41, 5.74) is 12.4. The number of hydrogen-bond donors (Lipinski definition) is 1. The number of carbonyl (C=O) groups is 1. The lowest BCUT2D eigenvalue weighted by molar-refractivity contribution is 0.0501. The molecule has 172 valence electrons. The van der Waals surface area contributed by atoms with Gasteiger partial charge < -0.3 is 10.5 Å². The van der Waals surface area contributed by atoms with E-state index in [2.05, 4.69) is 13.0 Å². The van der Waals surface area contributed by atoms with E-state index in [0.29, 0.717) is 29.1 Å². The van der Waals surface area contributed by atoms with Gasteiger partial charge in [-0.15, -0.1) is 0 Å². The van der Waals surface area contributed by atoms with Gasteiger partial charge in [0.2, 0.25) is 0 Å². The van der Waals surface area contributed by atoms with E-state index < -0.39 is 5.97 Å². The molecule has 0 saturated heterocycles. The number of esters is 1. The lowest BCUT2D eigenvalue weighted by Crippen LogP contribution is -2.10. The van der Waals surface area contributed by atoms with Gasteiger partial charge in [-0.2, -0.15) is 0 Å². The molecule has 0 unspecified atom stereocenters. The first-order valence-electron chi connectivity index (χ1n) is 11.8. The van der Waals surface area contributed by atoms with Gasteiger partial charge in [0, 0.05) is 0 Å². The van der Waals surface area contributed by atoms with Gasteiger partial charge in [-0.25, -0.2) is 14.8 Å². The van der Waals surface area contributed by atoms with Crippen molar-refractivity contribution in [2.75, 3.05) is 12.3 Å². The molecular weight excluding hydrogens is 412 g/mol. The topological polar surface area (TPSA) is 83.0 Å². The summed E-state index contributed by atoms with van der Waals surface area (Å²) in [4.78, 5) is 22.8. The number of aromatic nitrogens is 3. The summed E-state index contributed by atoms with van der Waals surface area (Å²) in [7, 11) is 0. The zero-order valence-electron chi connectivity index (χ0n) is 19.7. The van der Waals surface area contributed by atoms with Crippen molar-refractivity contribution in [1.29, 1.82) is 0 Å². The fourth-order valence-electron chi connectivity index (χ4n) is 4.19. The van der Waals surface area contributed by atoms with E-state index in [0.717, 1.165) is 41.6 Å². The molecule has 0 atom stereocenters. The highest BCUT2D eigenvalue weighted by molar-refractivity contribution is 6.09. The molecule has 0 aliphatic rings. The lowest BCUT2D eigenvalue weighted by atomic mass is 10.1. The van der Waals surface area contributed by atoms with Crippen LogP contribution < -0.4 is 5.73 Å². The Morgan fingerprint density at radius 3 is 2.42 bits per heavy atom. The standard InChI is InChI=1S/C27H32N4O2/c1-4-5-6-7-8-11-16-33-27(32)23-24-26(30-21-13-10-9-12-20(21)29-24)31(25(23)28)22-17-18(2)14-15-19(22)3/h9-10,12-15,17H,4-8,11,16,28H2,1-3H3. The first-order chi connectivity index (χ1) is 16.0. The molecule has 0 spiro atoms. The Morgan fingerprint density at radius 2 is 1.67 bits per heavy atom. The van der Waals surface area contributed by atoms with Crippen molar-refractivity contribution in [2.24, 2.45) is 0 Å². The van der Waals surface area contributed by atoms with Gasteiger partial charge >= 0.3 is 5.97 Å². The van der Waals surface area contributed by atoms with Crippen molar-refractivity contribution in [3.8, 4) is 5.69 Å². The van der Waals surface area contributed by atoms with Gasteiger partial charge in [-0.3, -0.25) is 4.57 Å². The predicted octanol–water partition coefficient (Wildman–Crippen LogP) is 6.29. The molecule has 2 aromatic heterocycles. The first-order valence-corrected chi connectivity index (χ1v) is 11.8. The molecule has 0 bridgehead atoms. The van der Waals surface area contributed by atoms with Crippen LogP contribution in [0.4, 0.5) is 5.82 Å². The van der Waals surface area contributed by atoms with Crippen molar-refractivity contribution in [1.82, 2.24) is 14.5 Å². The molecular formula is C27H32N4O2. The van der Waals surface area contributed by atoms with Gasteiger partial charge in [-0.1, -0.05) is 63.3 Å². The number of unbranched alkanes of at least 4 members (excludes halogenated alkanes) is 5. The third-order valence-electron chi connectivity index (χ3n) is 6.04. The van der Waals surface area contributed by atoms with Crippen LogP contribution in [0.1, 0.15) is 66.9 Å². The Morgan fingerprint density at radius 1 is 0.970 bits per heavy atom. The van der Waals surface area contributed by atoms with Crippen LogP contribution in [0, 0.1) is 13.8 Å². The molecule has 0 aliphatic heterocycles. The molecule has 6 heteroatoms. The molecule has 2 aromatic carbocycles. The quantitative estimate of drug-likeness (QED) is 0.242. The second kappa shape index (κ2) is 10.0. The predicted molar refractivity (Wildman–Crippen MR) is 134 cm³/mol. The number of anilines is 1. The average molecular weight is 445 g/mol. The number of nitrogen functional groups attached to an aromatic ring is 1. The van der Waals surface area contributed by atoms with Crippen LogP contribution in [0.25, 0.3) is 27.9 Å². The molecule has 33 heavy (non-hydrogen) atoms. The molecule has 2 N–H and O–H groups in total. The second-order valence-electron chi connectivity index (χ2n) is 8.67.